The van der Waals surface area contributed by atoms with Crippen molar-refractivity contribution in [2.75, 3.05) is 0 Å². The van der Waals surface area contributed by atoms with Crippen LogP contribution in [0.15, 0.2) is 41.5 Å². The Kier molecular flexibility index (Phi) is 3.23. The average Bonchev–Trinajstić information content (AvgIpc) is 2.76. The molecule has 88 valence electrons. The number of aldehydes is 1. The maximum Gasteiger partial charge on any atom is 0.330 e. The lowest BCUT2D eigenvalue weighted by Crippen LogP contribution is -2.14. The van der Waals surface area contributed by atoms with E-state index in [9.17, 15) is 9.59 Å². The zero-order chi connectivity index (χ0) is 12.3. The van der Waals surface area contributed by atoms with Crippen LogP contribution in [-0.4, -0.2) is 15.8 Å². The van der Waals surface area contributed by atoms with Gasteiger partial charge in [0.05, 0.1) is 5.69 Å². The molecule has 0 amide bonds. The van der Waals surface area contributed by atoms with Crippen molar-refractivity contribution in [2.45, 2.75) is 19.3 Å². The van der Waals surface area contributed by atoms with Gasteiger partial charge in [-0.1, -0.05) is 19.1 Å². The molecule has 1 N–H and O–H groups in total. The summed E-state index contributed by atoms with van der Waals surface area (Å²) in [7, 11) is 0. The predicted octanol–water partition coefficient (Wildman–Crippen LogP) is 1.86. The van der Waals surface area contributed by atoms with Gasteiger partial charge in [-0.25, -0.2) is 4.79 Å². The number of nitrogens with one attached hydrogen (secondary N) is 1. The number of hydrogen-bond donors (Lipinski definition) is 1. The fourth-order valence-electron chi connectivity index (χ4n) is 1.79. The van der Waals surface area contributed by atoms with Crippen molar-refractivity contribution in [3.05, 3.63) is 52.7 Å². The van der Waals surface area contributed by atoms with Gasteiger partial charge in [-0.3, -0.25) is 4.57 Å². The van der Waals surface area contributed by atoms with Crippen LogP contribution < -0.4 is 5.69 Å². The van der Waals surface area contributed by atoms with E-state index in [0.29, 0.717) is 6.42 Å². The molecule has 0 radical (unpaired) electrons. The number of aromatic amines is 1. The Hall–Kier alpha value is -2.10. The lowest BCUT2D eigenvalue weighted by atomic mass is 9.98. The van der Waals surface area contributed by atoms with Gasteiger partial charge in [0.25, 0.3) is 0 Å². The summed E-state index contributed by atoms with van der Waals surface area (Å²) in [4.78, 5) is 24.6. The van der Waals surface area contributed by atoms with Crippen LogP contribution in [0, 0.1) is 0 Å². The van der Waals surface area contributed by atoms with Crippen LogP contribution in [0.3, 0.4) is 0 Å². The van der Waals surface area contributed by atoms with Crippen molar-refractivity contribution in [1.82, 2.24) is 9.55 Å². The smallest absolute Gasteiger partial charge is 0.312 e. The number of imidazole rings is 1. The molecule has 1 heterocycles. The van der Waals surface area contributed by atoms with E-state index in [1.54, 1.807) is 12.4 Å². The highest BCUT2D eigenvalue weighted by atomic mass is 16.1. The van der Waals surface area contributed by atoms with Crippen molar-refractivity contribution < 1.29 is 4.79 Å². The van der Waals surface area contributed by atoms with Crippen LogP contribution in [0.4, 0.5) is 0 Å². The van der Waals surface area contributed by atoms with Gasteiger partial charge in [0.2, 0.25) is 0 Å². The van der Waals surface area contributed by atoms with Gasteiger partial charge in [0.15, 0.2) is 0 Å². The molecule has 0 aliphatic carbocycles. The largest absolute Gasteiger partial charge is 0.330 e. The highest BCUT2D eigenvalue weighted by molar-refractivity contribution is 5.52. The number of hydrogen-bond acceptors (Lipinski definition) is 2. The van der Waals surface area contributed by atoms with Crippen LogP contribution in [0.2, 0.25) is 0 Å². The standard InChI is InChI=1S/C13H14N2O2/c1-10(5-8-16)11-3-2-4-12(9-11)15-7-6-14-13(15)17/h2-4,6-10H,5H2,1H3,(H,14,17). The molecule has 0 bridgehead atoms. The Morgan fingerprint density at radius 1 is 1.47 bits per heavy atom. The van der Waals surface area contributed by atoms with Crippen molar-refractivity contribution in [1.29, 1.82) is 0 Å². The Labute approximate surface area is 98.9 Å². The van der Waals surface area contributed by atoms with Gasteiger partial charge in [-0.05, 0) is 23.6 Å². The van der Waals surface area contributed by atoms with Crippen LogP contribution >= 0.6 is 0 Å². The first-order chi connectivity index (χ1) is 8.22. The number of nitrogens with zero attached hydrogens (tertiary/aromatic N) is 1. The molecule has 1 atom stereocenters. The topological polar surface area (TPSA) is 54.9 Å². The maximum absolute atomic E-state index is 11.5. The molecule has 0 saturated carbocycles. The zero-order valence-corrected chi connectivity index (χ0v) is 9.59. The summed E-state index contributed by atoms with van der Waals surface area (Å²) in [5.41, 5.74) is 1.71. The summed E-state index contributed by atoms with van der Waals surface area (Å²) in [5.74, 6) is 0.169. The first kappa shape index (κ1) is 11.4. The lowest BCUT2D eigenvalue weighted by Gasteiger charge is -2.10. The van der Waals surface area contributed by atoms with E-state index < -0.39 is 0 Å². The first-order valence-electron chi connectivity index (χ1n) is 5.52. The number of aromatic nitrogens is 2. The van der Waals surface area contributed by atoms with Gasteiger partial charge < -0.3 is 9.78 Å². The molecule has 17 heavy (non-hydrogen) atoms. The van der Waals surface area contributed by atoms with Crippen molar-refractivity contribution in [3.8, 4) is 5.69 Å². The minimum Gasteiger partial charge on any atom is -0.312 e. The van der Waals surface area contributed by atoms with Crippen LogP contribution in [0.1, 0.15) is 24.8 Å². The molecule has 1 aromatic carbocycles. The number of benzene rings is 1. The minimum absolute atomic E-state index is 0.162. The molecule has 2 aromatic rings. The zero-order valence-electron chi connectivity index (χ0n) is 9.59. The fourth-order valence-corrected chi connectivity index (χ4v) is 1.79. The summed E-state index contributed by atoms with van der Waals surface area (Å²) in [6.07, 6.45) is 4.70. The van der Waals surface area contributed by atoms with Crippen LogP contribution in [-0.2, 0) is 4.79 Å². The summed E-state index contributed by atoms with van der Waals surface area (Å²) < 4.78 is 1.54. The second-order valence-electron chi connectivity index (χ2n) is 4.03. The highest BCUT2D eigenvalue weighted by Gasteiger charge is 2.07. The van der Waals surface area contributed by atoms with Gasteiger partial charge in [0.1, 0.15) is 6.29 Å². The molecule has 0 aliphatic heterocycles. The Morgan fingerprint density at radius 3 is 2.94 bits per heavy atom. The third-order valence-electron chi connectivity index (χ3n) is 2.82. The predicted molar refractivity (Wildman–Crippen MR) is 65.5 cm³/mol. The van der Waals surface area contributed by atoms with Crippen LogP contribution in [0.5, 0.6) is 0 Å². The van der Waals surface area contributed by atoms with E-state index in [0.717, 1.165) is 17.5 Å². The molecule has 2 rings (SSSR count). The van der Waals surface area contributed by atoms with Crippen molar-refractivity contribution in [2.24, 2.45) is 0 Å². The SMILES string of the molecule is CC(CC=O)c1cccc(-n2cc[nH]c2=O)c1. The summed E-state index contributed by atoms with van der Waals surface area (Å²) in [5, 5.41) is 0. The molecule has 1 aromatic heterocycles. The van der Waals surface area contributed by atoms with E-state index in [-0.39, 0.29) is 11.6 Å². The summed E-state index contributed by atoms with van der Waals surface area (Å²) in [6.45, 7) is 1.99. The molecule has 0 saturated heterocycles. The minimum atomic E-state index is -0.162. The quantitative estimate of drug-likeness (QED) is 0.815. The van der Waals surface area contributed by atoms with E-state index in [1.165, 1.54) is 4.57 Å². The number of rotatable bonds is 4. The van der Waals surface area contributed by atoms with Gasteiger partial charge in [0, 0.05) is 18.8 Å². The van der Waals surface area contributed by atoms with Crippen LogP contribution in [0.25, 0.3) is 5.69 Å². The van der Waals surface area contributed by atoms with Gasteiger partial charge >= 0.3 is 5.69 Å². The van der Waals surface area contributed by atoms with Crippen molar-refractivity contribution in [3.63, 3.8) is 0 Å². The average molecular weight is 230 g/mol. The first-order valence-corrected chi connectivity index (χ1v) is 5.52. The third-order valence-corrected chi connectivity index (χ3v) is 2.82. The lowest BCUT2D eigenvalue weighted by molar-refractivity contribution is -0.108. The maximum atomic E-state index is 11.5. The van der Waals surface area contributed by atoms with E-state index in [2.05, 4.69) is 4.98 Å². The monoisotopic (exact) mass is 230 g/mol. The number of H-pyrrole nitrogens is 1. The number of carbonyl (C=O) groups excluding carboxylic acids is 1. The Morgan fingerprint density at radius 2 is 2.29 bits per heavy atom. The molecule has 4 heteroatoms. The highest BCUT2D eigenvalue weighted by Crippen LogP contribution is 2.20. The van der Waals surface area contributed by atoms with Gasteiger partial charge in [-0.15, -0.1) is 0 Å². The third kappa shape index (κ3) is 2.36. The molecular weight excluding hydrogens is 216 g/mol. The summed E-state index contributed by atoms with van der Waals surface area (Å²) >= 11 is 0. The second-order valence-corrected chi connectivity index (χ2v) is 4.03. The number of carbonyl (C=O) groups is 1. The van der Waals surface area contributed by atoms with Crippen molar-refractivity contribution >= 4 is 6.29 Å². The molecule has 4 nitrogen and oxygen atoms in total. The second kappa shape index (κ2) is 4.82. The normalized spacial score (nSPS) is 12.3. The molecule has 0 aliphatic rings. The van der Waals surface area contributed by atoms with E-state index in [1.807, 2.05) is 31.2 Å². The molecule has 0 spiro atoms. The van der Waals surface area contributed by atoms with E-state index in [4.69, 9.17) is 0 Å². The van der Waals surface area contributed by atoms with Gasteiger partial charge in [-0.2, -0.15) is 0 Å². The molecular formula is C13H14N2O2. The van der Waals surface area contributed by atoms with E-state index >= 15 is 0 Å². The summed E-state index contributed by atoms with van der Waals surface area (Å²) in [6, 6.07) is 7.66. The Balaban J connectivity index is 2.38. The fraction of sp³-hybridized carbons (Fsp3) is 0.231. The molecule has 1 unspecified atom stereocenters. The Bertz CT molecular complexity index is 569. The molecule has 0 fully saturated rings.